The smallest absolute Gasteiger partial charge is 0.123 e. The van der Waals surface area contributed by atoms with Gasteiger partial charge in [0, 0.05) is 25.0 Å². The third-order valence-corrected chi connectivity index (χ3v) is 2.83. The Balaban J connectivity index is 1.82. The van der Waals surface area contributed by atoms with Crippen molar-refractivity contribution in [3.8, 4) is 0 Å². The zero-order valence-electron chi connectivity index (χ0n) is 10.4. The van der Waals surface area contributed by atoms with Gasteiger partial charge in [-0.1, -0.05) is 18.2 Å². The van der Waals surface area contributed by atoms with Crippen molar-refractivity contribution in [1.82, 2.24) is 10.3 Å². The molecule has 1 atom stereocenters. The van der Waals surface area contributed by atoms with E-state index in [9.17, 15) is 4.39 Å². The van der Waals surface area contributed by atoms with Gasteiger partial charge in [-0.25, -0.2) is 4.39 Å². The first-order chi connectivity index (χ1) is 8.74. The number of rotatable bonds is 5. The van der Waals surface area contributed by atoms with E-state index >= 15 is 0 Å². The second-order valence-electron chi connectivity index (χ2n) is 4.47. The number of hydrogen-bond acceptors (Lipinski definition) is 2. The van der Waals surface area contributed by atoms with Crippen molar-refractivity contribution in [2.75, 3.05) is 0 Å². The molecule has 18 heavy (non-hydrogen) atoms. The van der Waals surface area contributed by atoms with Crippen LogP contribution in [0.5, 0.6) is 0 Å². The molecule has 0 spiro atoms. The molecule has 2 rings (SSSR count). The molecule has 0 fully saturated rings. The molecule has 0 aliphatic rings. The first kappa shape index (κ1) is 12.7. The summed E-state index contributed by atoms with van der Waals surface area (Å²) in [5, 5.41) is 3.43. The Morgan fingerprint density at radius 3 is 2.61 bits per heavy atom. The van der Waals surface area contributed by atoms with Crippen LogP contribution < -0.4 is 5.32 Å². The van der Waals surface area contributed by atoms with Crippen LogP contribution in [-0.4, -0.2) is 11.0 Å². The van der Waals surface area contributed by atoms with Gasteiger partial charge in [-0.2, -0.15) is 0 Å². The van der Waals surface area contributed by atoms with Gasteiger partial charge in [0.1, 0.15) is 5.82 Å². The fourth-order valence-electron chi connectivity index (χ4n) is 1.84. The van der Waals surface area contributed by atoms with E-state index < -0.39 is 0 Å². The monoisotopic (exact) mass is 244 g/mol. The lowest BCUT2D eigenvalue weighted by Gasteiger charge is -2.13. The van der Waals surface area contributed by atoms with E-state index in [2.05, 4.69) is 17.2 Å². The molecule has 1 N–H and O–H groups in total. The fraction of sp³-hybridized carbons (Fsp3) is 0.267. The Hall–Kier alpha value is -1.74. The zero-order chi connectivity index (χ0) is 12.8. The number of benzene rings is 1. The van der Waals surface area contributed by atoms with E-state index in [0.29, 0.717) is 6.04 Å². The predicted molar refractivity (Wildman–Crippen MR) is 70.6 cm³/mol. The van der Waals surface area contributed by atoms with Crippen molar-refractivity contribution in [3.63, 3.8) is 0 Å². The summed E-state index contributed by atoms with van der Waals surface area (Å²) < 4.78 is 12.8. The Morgan fingerprint density at radius 1 is 1.17 bits per heavy atom. The fourth-order valence-corrected chi connectivity index (χ4v) is 1.84. The van der Waals surface area contributed by atoms with Crippen molar-refractivity contribution in [3.05, 3.63) is 65.7 Å². The van der Waals surface area contributed by atoms with Gasteiger partial charge >= 0.3 is 0 Å². The molecule has 0 bridgehead atoms. The lowest BCUT2D eigenvalue weighted by molar-refractivity contribution is 0.544. The van der Waals surface area contributed by atoms with Crippen LogP contribution in [0.4, 0.5) is 4.39 Å². The molecule has 0 saturated heterocycles. The normalized spacial score (nSPS) is 12.3. The molecule has 1 heterocycles. The number of hydrogen-bond donors (Lipinski definition) is 1. The van der Waals surface area contributed by atoms with E-state index in [1.807, 2.05) is 30.5 Å². The molecule has 1 aromatic heterocycles. The van der Waals surface area contributed by atoms with Crippen LogP contribution >= 0.6 is 0 Å². The summed E-state index contributed by atoms with van der Waals surface area (Å²) in [6.07, 6.45) is 4.52. The van der Waals surface area contributed by atoms with Crippen LogP contribution in [0.15, 0.2) is 48.8 Å². The van der Waals surface area contributed by atoms with Crippen LogP contribution in [-0.2, 0) is 13.0 Å². The summed E-state index contributed by atoms with van der Waals surface area (Å²) in [5.74, 6) is -0.185. The molecular formula is C15H17FN2. The molecule has 3 heteroatoms. The number of pyridine rings is 1. The summed E-state index contributed by atoms with van der Waals surface area (Å²) >= 11 is 0. The molecule has 0 saturated carbocycles. The highest BCUT2D eigenvalue weighted by molar-refractivity contribution is 5.17. The van der Waals surface area contributed by atoms with Gasteiger partial charge in [0.2, 0.25) is 0 Å². The quantitative estimate of drug-likeness (QED) is 0.874. The van der Waals surface area contributed by atoms with Crippen LogP contribution in [0.3, 0.4) is 0 Å². The molecule has 94 valence electrons. The minimum atomic E-state index is -0.185. The van der Waals surface area contributed by atoms with Gasteiger partial charge in [0.05, 0.1) is 0 Å². The molecule has 0 aliphatic carbocycles. The standard InChI is InChI=1S/C15H17FN2/c1-12(9-13-4-6-15(16)7-5-13)18-11-14-3-2-8-17-10-14/h2-8,10,12,18H,9,11H2,1H3. The average molecular weight is 244 g/mol. The van der Waals surface area contributed by atoms with Crippen molar-refractivity contribution < 1.29 is 4.39 Å². The minimum absolute atomic E-state index is 0.185. The third kappa shape index (κ3) is 3.93. The second kappa shape index (κ2) is 6.26. The molecule has 2 nitrogen and oxygen atoms in total. The summed E-state index contributed by atoms with van der Waals surface area (Å²) in [5.41, 5.74) is 2.31. The highest BCUT2D eigenvalue weighted by atomic mass is 19.1. The lowest BCUT2D eigenvalue weighted by Crippen LogP contribution is -2.27. The predicted octanol–water partition coefficient (Wildman–Crippen LogP) is 2.94. The summed E-state index contributed by atoms with van der Waals surface area (Å²) in [6.45, 7) is 2.93. The molecule has 0 radical (unpaired) electrons. The zero-order valence-corrected chi connectivity index (χ0v) is 10.4. The van der Waals surface area contributed by atoms with Gasteiger partial charge in [-0.3, -0.25) is 4.98 Å². The van der Waals surface area contributed by atoms with Crippen molar-refractivity contribution >= 4 is 0 Å². The summed E-state index contributed by atoms with van der Waals surface area (Å²) in [6, 6.07) is 11.0. The maximum absolute atomic E-state index is 12.8. The van der Waals surface area contributed by atoms with E-state index in [1.165, 1.54) is 17.7 Å². The van der Waals surface area contributed by atoms with Gasteiger partial charge in [0.15, 0.2) is 0 Å². The molecule has 2 aromatic rings. The maximum Gasteiger partial charge on any atom is 0.123 e. The summed E-state index contributed by atoms with van der Waals surface area (Å²) in [4.78, 5) is 4.07. The summed E-state index contributed by atoms with van der Waals surface area (Å²) in [7, 11) is 0. The number of halogens is 1. The highest BCUT2D eigenvalue weighted by Gasteiger charge is 2.03. The Bertz CT molecular complexity index is 468. The van der Waals surface area contributed by atoms with E-state index in [1.54, 1.807) is 6.20 Å². The Kier molecular flexibility index (Phi) is 4.42. The van der Waals surface area contributed by atoms with Crippen molar-refractivity contribution in [2.45, 2.75) is 25.9 Å². The maximum atomic E-state index is 12.8. The van der Waals surface area contributed by atoms with Crippen LogP contribution in [0, 0.1) is 5.82 Å². The molecular weight excluding hydrogens is 227 g/mol. The van der Waals surface area contributed by atoms with Crippen molar-refractivity contribution in [2.24, 2.45) is 0 Å². The van der Waals surface area contributed by atoms with E-state index in [-0.39, 0.29) is 5.82 Å². The molecule has 1 unspecified atom stereocenters. The third-order valence-electron chi connectivity index (χ3n) is 2.83. The second-order valence-corrected chi connectivity index (χ2v) is 4.47. The van der Waals surface area contributed by atoms with Gasteiger partial charge in [-0.15, -0.1) is 0 Å². The average Bonchev–Trinajstić information content (AvgIpc) is 2.40. The van der Waals surface area contributed by atoms with Gasteiger partial charge in [0.25, 0.3) is 0 Å². The largest absolute Gasteiger partial charge is 0.310 e. The van der Waals surface area contributed by atoms with E-state index in [0.717, 1.165) is 18.5 Å². The van der Waals surface area contributed by atoms with Gasteiger partial charge in [-0.05, 0) is 42.7 Å². The van der Waals surface area contributed by atoms with Gasteiger partial charge < -0.3 is 5.32 Å². The molecule has 1 aromatic carbocycles. The Morgan fingerprint density at radius 2 is 1.94 bits per heavy atom. The highest BCUT2D eigenvalue weighted by Crippen LogP contribution is 2.06. The van der Waals surface area contributed by atoms with Crippen LogP contribution in [0.25, 0.3) is 0 Å². The van der Waals surface area contributed by atoms with Crippen molar-refractivity contribution in [1.29, 1.82) is 0 Å². The van der Waals surface area contributed by atoms with Crippen LogP contribution in [0.2, 0.25) is 0 Å². The Labute approximate surface area is 107 Å². The van der Waals surface area contributed by atoms with Crippen LogP contribution in [0.1, 0.15) is 18.1 Å². The minimum Gasteiger partial charge on any atom is -0.310 e. The topological polar surface area (TPSA) is 24.9 Å². The molecule has 0 amide bonds. The SMILES string of the molecule is CC(Cc1ccc(F)cc1)NCc1cccnc1. The first-order valence-corrected chi connectivity index (χ1v) is 6.11. The lowest BCUT2D eigenvalue weighted by atomic mass is 10.1. The number of nitrogens with zero attached hydrogens (tertiary/aromatic N) is 1. The van der Waals surface area contributed by atoms with E-state index in [4.69, 9.17) is 0 Å². The number of nitrogens with one attached hydrogen (secondary N) is 1. The number of aromatic nitrogens is 1. The molecule has 0 aliphatic heterocycles. The first-order valence-electron chi connectivity index (χ1n) is 6.11.